The molecule has 3 N–H and O–H groups in total. The van der Waals surface area contributed by atoms with E-state index in [1.807, 2.05) is 4.98 Å². The summed E-state index contributed by atoms with van der Waals surface area (Å²) in [5.41, 5.74) is -1.31. The molecule has 11 heteroatoms. The molecule has 1 aromatic rings. The Balaban J connectivity index is 2.08. The Morgan fingerprint density at radius 2 is 2.30 bits per heavy atom. The van der Waals surface area contributed by atoms with Crippen LogP contribution in [-0.4, -0.2) is 38.4 Å². The van der Waals surface area contributed by atoms with Crippen LogP contribution in [0.25, 0.3) is 0 Å². The van der Waals surface area contributed by atoms with E-state index in [4.69, 9.17) is 9.63 Å². The van der Waals surface area contributed by atoms with Crippen molar-refractivity contribution in [2.45, 2.75) is 24.9 Å². The van der Waals surface area contributed by atoms with Crippen molar-refractivity contribution < 1.29 is 28.0 Å². The van der Waals surface area contributed by atoms with Gasteiger partial charge in [-0.2, -0.15) is 0 Å². The second-order valence-corrected chi connectivity index (χ2v) is 5.36. The van der Waals surface area contributed by atoms with Gasteiger partial charge in [0.15, 0.2) is 0 Å². The Morgan fingerprint density at radius 1 is 1.60 bits per heavy atom. The summed E-state index contributed by atoms with van der Waals surface area (Å²) in [5, 5.41) is 9.68. The normalized spacial score (nSPS) is 29.2. The number of rotatable bonds is 4. The van der Waals surface area contributed by atoms with Crippen molar-refractivity contribution in [3.63, 3.8) is 0 Å². The molecule has 1 aromatic heterocycles. The van der Waals surface area contributed by atoms with E-state index in [0.717, 1.165) is 10.6 Å². The summed E-state index contributed by atoms with van der Waals surface area (Å²) in [5.74, 6) is 0. The highest BCUT2D eigenvalue weighted by atomic mass is 31.2. The van der Waals surface area contributed by atoms with Crippen LogP contribution >= 0.6 is 7.91 Å². The van der Waals surface area contributed by atoms with Crippen molar-refractivity contribution in [3.05, 3.63) is 33.1 Å². The fraction of sp³-hybridized carbons (Fsp3) is 0.556. The minimum absolute atomic E-state index is 0.0119. The molecule has 2 heterocycles. The van der Waals surface area contributed by atoms with Crippen molar-refractivity contribution in [1.82, 2.24) is 9.55 Å². The lowest BCUT2D eigenvalue weighted by molar-refractivity contribution is -0.0438. The molecule has 0 saturated carbocycles. The van der Waals surface area contributed by atoms with E-state index in [9.17, 15) is 23.5 Å². The molecule has 1 aliphatic heterocycles. The molecular weight excluding hydrogens is 298 g/mol. The lowest BCUT2D eigenvalue weighted by atomic mass is 10.2. The van der Waals surface area contributed by atoms with Gasteiger partial charge in [-0.1, -0.05) is 0 Å². The van der Waals surface area contributed by atoms with E-state index in [0.29, 0.717) is 0 Å². The Morgan fingerprint density at radius 3 is 2.90 bits per heavy atom. The third-order valence-corrected chi connectivity index (χ3v) is 3.23. The molecule has 112 valence electrons. The summed E-state index contributed by atoms with van der Waals surface area (Å²) in [6, 6.07) is 1.10. The summed E-state index contributed by atoms with van der Waals surface area (Å²) >= 11 is 0. The second kappa shape index (κ2) is 5.58. The van der Waals surface area contributed by atoms with E-state index in [1.165, 1.54) is 6.20 Å². The predicted octanol–water partition coefficient (Wildman–Crippen LogP) is -0.729. The Hall–Kier alpha value is -1.32. The lowest BCUT2D eigenvalue weighted by Gasteiger charge is -2.15. The first-order valence-corrected chi connectivity index (χ1v) is 7.05. The second-order valence-electron chi connectivity index (χ2n) is 4.20. The van der Waals surface area contributed by atoms with E-state index in [2.05, 4.69) is 4.52 Å². The number of aromatic amines is 1. The van der Waals surface area contributed by atoms with Crippen LogP contribution in [0.5, 0.6) is 0 Å². The average Bonchev–Trinajstić information content (AvgIpc) is 2.67. The topological polar surface area (TPSA) is 131 Å². The molecule has 2 rings (SSSR count). The molecule has 0 bridgehead atoms. The molecule has 9 nitrogen and oxygen atoms in total. The molecular formula is C9H12FN2O7P. The largest absolute Gasteiger partial charge is 0.510 e. The maximum Gasteiger partial charge on any atom is 0.510 e. The summed E-state index contributed by atoms with van der Waals surface area (Å²) in [4.78, 5) is 32.8. The molecule has 0 radical (unpaired) electrons. The lowest BCUT2D eigenvalue weighted by Crippen LogP contribution is -2.31. The van der Waals surface area contributed by atoms with Crippen LogP contribution in [-0.2, 0) is 13.8 Å². The summed E-state index contributed by atoms with van der Waals surface area (Å²) < 4.78 is 33.0. The molecule has 20 heavy (non-hydrogen) atoms. The van der Waals surface area contributed by atoms with Crippen LogP contribution in [0.2, 0.25) is 0 Å². The maximum absolute atomic E-state index is 12.4. The van der Waals surface area contributed by atoms with Crippen molar-refractivity contribution in [2.24, 2.45) is 0 Å². The van der Waals surface area contributed by atoms with Gasteiger partial charge < -0.3 is 9.84 Å². The highest BCUT2D eigenvalue weighted by Crippen LogP contribution is 2.44. The van der Waals surface area contributed by atoms with Crippen LogP contribution in [0, 0.1) is 0 Å². The first-order chi connectivity index (χ1) is 9.26. The number of ether oxygens (including phenoxy) is 1. The number of aliphatic hydroxyl groups is 1. The minimum atomic E-state index is -5.16. The van der Waals surface area contributed by atoms with Gasteiger partial charge in [-0.25, -0.2) is 9.36 Å². The van der Waals surface area contributed by atoms with E-state index < -0.39 is 44.2 Å². The molecule has 4 unspecified atom stereocenters. The third-order valence-electron chi connectivity index (χ3n) is 2.76. The van der Waals surface area contributed by atoms with E-state index >= 15 is 0 Å². The van der Waals surface area contributed by atoms with Gasteiger partial charge in [0.05, 0.1) is 12.7 Å². The highest BCUT2D eigenvalue weighted by Gasteiger charge is 2.37. The molecule has 0 amide bonds. The minimum Gasteiger partial charge on any atom is -0.390 e. The van der Waals surface area contributed by atoms with Crippen LogP contribution in [0.3, 0.4) is 0 Å². The Labute approximate surface area is 111 Å². The van der Waals surface area contributed by atoms with Gasteiger partial charge in [-0.15, -0.1) is 4.20 Å². The summed E-state index contributed by atoms with van der Waals surface area (Å²) in [6.45, 7) is -0.639. The summed E-state index contributed by atoms with van der Waals surface area (Å²) in [6.07, 6.45) is -1.88. The van der Waals surface area contributed by atoms with Crippen molar-refractivity contribution in [1.29, 1.82) is 0 Å². The standard InChI is InChI=1S/C9H12FN2O7P/c10-20(16,17)18-4-6-5(13)3-8(19-6)12-2-1-7(14)11-9(12)15/h1-2,5-6,8,13H,3-4H2,(H,16,17)(H,11,14,15). The van der Waals surface area contributed by atoms with Gasteiger partial charge in [0, 0.05) is 18.7 Å². The molecule has 0 aliphatic carbocycles. The molecule has 0 aromatic carbocycles. The van der Waals surface area contributed by atoms with Crippen molar-refractivity contribution >= 4 is 7.91 Å². The average molecular weight is 310 g/mol. The number of H-pyrrole nitrogens is 1. The smallest absolute Gasteiger partial charge is 0.390 e. The predicted molar refractivity (Wildman–Crippen MR) is 62.7 cm³/mol. The Bertz CT molecular complexity index is 638. The zero-order valence-corrected chi connectivity index (χ0v) is 10.9. The molecule has 0 spiro atoms. The maximum atomic E-state index is 12.4. The first kappa shape index (κ1) is 15.1. The fourth-order valence-corrected chi connectivity index (χ4v) is 2.19. The first-order valence-electron chi connectivity index (χ1n) is 5.58. The third kappa shape index (κ3) is 3.62. The van der Waals surface area contributed by atoms with Crippen LogP contribution in [0.15, 0.2) is 21.9 Å². The fourth-order valence-electron chi connectivity index (χ4n) is 1.86. The van der Waals surface area contributed by atoms with Crippen molar-refractivity contribution in [3.8, 4) is 0 Å². The zero-order valence-electron chi connectivity index (χ0n) is 10.0. The SMILES string of the molecule is O=c1ccn(C2CC(O)C(COP(=O)(O)F)O2)c(=O)[nH]1. The number of halogens is 1. The van der Waals surface area contributed by atoms with Gasteiger partial charge in [0.1, 0.15) is 12.3 Å². The monoisotopic (exact) mass is 310 g/mol. The van der Waals surface area contributed by atoms with Gasteiger partial charge >= 0.3 is 13.6 Å². The molecule has 1 fully saturated rings. The van der Waals surface area contributed by atoms with Crippen LogP contribution in [0.4, 0.5) is 4.20 Å². The number of hydrogen-bond acceptors (Lipinski definition) is 6. The molecule has 1 saturated heterocycles. The highest BCUT2D eigenvalue weighted by molar-refractivity contribution is 7.46. The van der Waals surface area contributed by atoms with Crippen LogP contribution < -0.4 is 11.2 Å². The van der Waals surface area contributed by atoms with Crippen LogP contribution in [0.1, 0.15) is 12.6 Å². The Kier molecular flexibility index (Phi) is 4.21. The number of nitrogens with one attached hydrogen (secondary N) is 1. The van der Waals surface area contributed by atoms with Gasteiger partial charge in [0.2, 0.25) is 0 Å². The van der Waals surface area contributed by atoms with Gasteiger partial charge in [-0.05, 0) is 0 Å². The van der Waals surface area contributed by atoms with E-state index in [1.54, 1.807) is 0 Å². The number of nitrogens with zero attached hydrogens (tertiary/aromatic N) is 1. The molecule has 1 aliphatic rings. The van der Waals surface area contributed by atoms with Crippen molar-refractivity contribution in [2.75, 3.05) is 6.61 Å². The quantitative estimate of drug-likeness (QED) is 0.625. The zero-order chi connectivity index (χ0) is 14.9. The number of aliphatic hydroxyl groups excluding tert-OH is 1. The number of hydrogen-bond donors (Lipinski definition) is 3. The summed E-state index contributed by atoms with van der Waals surface area (Å²) in [7, 11) is -5.16. The van der Waals surface area contributed by atoms with Gasteiger partial charge in [0.25, 0.3) is 5.56 Å². The molecule has 4 atom stereocenters. The number of aromatic nitrogens is 2. The van der Waals surface area contributed by atoms with E-state index in [-0.39, 0.29) is 6.42 Å². The van der Waals surface area contributed by atoms with Gasteiger partial charge in [-0.3, -0.25) is 23.8 Å².